The molecule has 2 unspecified atom stereocenters. The van der Waals surface area contributed by atoms with Crippen LogP contribution < -0.4 is 0 Å². The van der Waals surface area contributed by atoms with Gasteiger partial charge in [-0.3, -0.25) is 4.79 Å². The highest BCUT2D eigenvalue weighted by atomic mass is 16.7. The van der Waals surface area contributed by atoms with Gasteiger partial charge in [-0.2, -0.15) is 0 Å². The van der Waals surface area contributed by atoms with E-state index in [1.807, 2.05) is 45.0 Å². The number of benzene rings is 1. The van der Waals surface area contributed by atoms with E-state index in [4.69, 9.17) is 9.57 Å². The van der Waals surface area contributed by atoms with E-state index < -0.39 is 28.8 Å². The molecule has 0 amide bonds. The zero-order chi connectivity index (χ0) is 16.8. The molecule has 2 aliphatic rings. The van der Waals surface area contributed by atoms with Crippen LogP contribution in [0.4, 0.5) is 0 Å². The Labute approximate surface area is 136 Å². The lowest BCUT2D eigenvalue weighted by atomic mass is 9.60. The van der Waals surface area contributed by atoms with E-state index in [0.717, 1.165) is 17.5 Å². The van der Waals surface area contributed by atoms with E-state index in [1.54, 1.807) is 12.0 Å². The highest BCUT2D eigenvalue weighted by Gasteiger charge is 2.70. The summed E-state index contributed by atoms with van der Waals surface area (Å²) in [4.78, 5) is 31.3. The van der Waals surface area contributed by atoms with Crippen molar-refractivity contribution in [1.29, 1.82) is 0 Å². The SMILES string of the molecule is CCOC(=O)C1(C(C)(C)C)C(=O)ON2CCc3ccccc3C21. The molecule has 1 fully saturated rings. The van der Waals surface area contributed by atoms with Crippen molar-refractivity contribution in [3.05, 3.63) is 35.4 Å². The van der Waals surface area contributed by atoms with Crippen LogP contribution in [0.1, 0.15) is 44.9 Å². The fourth-order valence-electron chi connectivity index (χ4n) is 3.84. The normalized spacial score (nSPS) is 27.1. The first-order chi connectivity index (χ1) is 10.8. The number of hydrogen-bond donors (Lipinski definition) is 0. The first kappa shape index (κ1) is 16.0. The van der Waals surface area contributed by atoms with Crippen LogP contribution in [0.3, 0.4) is 0 Å². The topological polar surface area (TPSA) is 55.8 Å². The van der Waals surface area contributed by atoms with Gasteiger partial charge in [0.2, 0.25) is 0 Å². The Balaban J connectivity index is 2.23. The number of hydrogen-bond acceptors (Lipinski definition) is 5. The second-order valence-corrected chi connectivity index (χ2v) is 7.15. The van der Waals surface area contributed by atoms with Gasteiger partial charge in [0.15, 0.2) is 5.41 Å². The van der Waals surface area contributed by atoms with Gasteiger partial charge in [0, 0.05) is 6.54 Å². The average molecular weight is 317 g/mol. The standard InChI is InChI=1S/C18H23NO4/c1-5-22-15(20)18(17(2,3)4)14-13-9-7-6-8-12(13)10-11-19(14)23-16(18)21/h6-9,14H,5,10-11H2,1-4H3. The number of esters is 1. The molecule has 0 radical (unpaired) electrons. The van der Waals surface area contributed by atoms with Crippen LogP contribution in [-0.2, 0) is 25.6 Å². The molecule has 2 heterocycles. The summed E-state index contributed by atoms with van der Waals surface area (Å²) in [6, 6.07) is 7.50. The van der Waals surface area contributed by atoms with E-state index in [2.05, 4.69) is 0 Å². The van der Waals surface area contributed by atoms with Gasteiger partial charge in [0.1, 0.15) is 0 Å². The summed E-state index contributed by atoms with van der Waals surface area (Å²) in [5.74, 6) is -1.01. The lowest BCUT2D eigenvalue weighted by Gasteiger charge is -2.42. The number of fused-ring (bicyclic) bond motifs is 3. The molecule has 2 atom stereocenters. The largest absolute Gasteiger partial charge is 0.465 e. The van der Waals surface area contributed by atoms with Gasteiger partial charge in [0.05, 0.1) is 12.6 Å². The molecule has 1 aromatic carbocycles. The number of ether oxygens (including phenoxy) is 1. The molecule has 1 saturated heterocycles. The minimum absolute atomic E-state index is 0.234. The van der Waals surface area contributed by atoms with Gasteiger partial charge in [-0.1, -0.05) is 45.0 Å². The van der Waals surface area contributed by atoms with Gasteiger partial charge < -0.3 is 9.57 Å². The summed E-state index contributed by atoms with van der Waals surface area (Å²) < 4.78 is 5.32. The molecule has 0 saturated carbocycles. The smallest absolute Gasteiger partial charge is 0.345 e. The number of nitrogens with zero attached hydrogens (tertiary/aromatic N) is 1. The molecule has 0 aromatic heterocycles. The Morgan fingerprint density at radius 3 is 2.74 bits per heavy atom. The number of carbonyl (C=O) groups is 2. The number of carbonyl (C=O) groups excluding carboxylic acids is 2. The Bertz CT molecular complexity index is 649. The van der Waals surface area contributed by atoms with Gasteiger partial charge in [0.25, 0.3) is 0 Å². The number of hydroxylamine groups is 2. The molecular weight excluding hydrogens is 294 g/mol. The zero-order valence-electron chi connectivity index (χ0n) is 14.1. The van der Waals surface area contributed by atoms with Crippen molar-refractivity contribution < 1.29 is 19.2 Å². The van der Waals surface area contributed by atoms with E-state index in [-0.39, 0.29) is 6.61 Å². The molecule has 0 N–H and O–H groups in total. The summed E-state index contributed by atoms with van der Waals surface area (Å²) in [6.07, 6.45) is 0.795. The van der Waals surface area contributed by atoms with E-state index in [9.17, 15) is 9.59 Å². The highest BCUT2D eigenvalue weighted by molar-refractivity contribution is 6.03. The Morgan fingerprint density at radius 1 is 1.39 bits per heavy atom. The van der Waals surface area contributed by atoms with Crippen molar-refractivity contribution in [3.8, 4) is 0 Å². The van der Waals surface area contributed by atoms with Crippen molar-refractivity contribution >= 4 is 11.9 Å². The van der Waals surface area contributed by atoms with Crippen molar-refractivity contribution in [1.82, 2.24) is 5.06 Å². The first-order valence-electron chi connectivity index (χ1n) is 8.08. The first-order valence-corrected chi connectivity index (χ1v) is 8.08. The minimum atomic E-state index is -1.36. The molecule has 0 spiro atoms. The predicted molar refractivity (Wildman–Crippen MR) is 84.2 cm³/mol. The van der Waals surface area contributed by atoms with Crippen LogP contribution in [0.5, 0.6) is 0 Å². The Kier molecular flexibility index (Phi) is 3.71. The van der Waals surface area contributed by atoms with Crippen LogP contribution in [0, 0.1) is 10.8 Å². The molecule has 3 rings (SSSR count). The zero-order valence-corrected chi connectivity index (χ0v) is 14.1. The highest BCUT2D eigenvalue weighted by Crippen LogP contribution is 2.58. The van der Waals surface area contributed by atoms with Crippen molar-refractivity contribution in [3.63, 3.8) is 0 Å². The maximum absolute atomic E-state index is 12.9. The third-order valence-corrected chi connectivity index (χ3v) is 4.95. The van der Waals surface area contributed by atoms with Gasteiger partial charge in [-0.05, 0) is 29.9 Å². The second kappa shape index (κ2) is 5.34. The summed E-state index contributed by atoms with van der Waals surface area (Å²) >= 11 is 0. The summed E-state index contributed by atoms with van der Waals surface area (Å²) in [7, 11) is 0. The van der Waals surface area contributed by atoms with E-state index in [0.29, 0.717) is 6.54 Å². The van der Waals surface area contributed by atoms with E-state index in [1.165, 1.54) is 0 Å². The molecule has 2 aliphatic heterocycles. The molecular formula is C18H23NO4. The van der Waals surface area contributed by atoms with E-state index >= 15 is 0 Å². The van der Waals surface area contributed by atoms with Crippen LogP contribution in [0.25, 0.3) is 0 Å². The monoisotopic (exact) mass is 317 g/mol. The maximum Gasteiger partial charge on any atom is 0.345 e. The van der Waals surface area contributed by atoms with Crippen LogP contribution in [-0.4, -0.2) is 30.2 Å². The lowest BCUT2D eigenvalue weighted by Crippen LogP contribution is -2.53. The predicted octanol–water partition coefficient (Wildman–Crippen LogP) is 2.65. The quantitative estimate of drug-likeness (QED) is 0.620. The average Bonchev–Trinajstić information content (AvgIpc) is 2.80. The fourth-order valence-corrected chi connectivity index (χ4v) is 3.84. The molecule has 1 aromatic rings. The van der Waals surface area contributed by atoms with Crippen molar-refractivity contribution in [2.75, 3.05) is 13.2 Å². The molecule has 0 aliphatic carbocycles. The van der Waals surface area contributed by atoms with Crippen molar-refractivity contribution in [2.24, 2.45) is 10.8 Å². The minimum Gasteiger partial charge on any atom is -0.465 e. The summed E-state index contributed by atoms with van der Waals surface area (Å²) in [6.45, 7) is 8.26. The molecule has 124 valence electrons. The van der Waals surface area contributed by atoms with Gasteiger partial charge in [-0.15, -0.1) is 5.06 Å². The van der Waals surface area contributed by atoms with Crippen LogP contribution in [0.15, 0.2) is 24.3 Å². The molecule has 23 heavy (non-hydrogen) atoms. The fraction of sp³-hybridized carbons (Fsp3) is 0.556. The molecule has 0 bridgehead atoms. The number of rotatable bonds is 2. The van der Waals surface area contributed by atoms with Gasteiger partial charge >= 0.3 is 11.9 Å². The molecule has 5 heteroatoms. The lowest BCUT2D eigenvalue weighted by molar-refractivity contribution is -0.180. The molecule has 5 nitrogen and oxygen atoms in total. The Hall–Kier alpha value is -1.88. The summed E-state index contributed by atoms with van der Waals surface area (Å²) in [5.41, 5.74) is 0.136. The third-order valence-electron chi connectivity index (χ3n) is 4.95. The second-order valence-electron chi connectivity index (χ2n) is 7.15. The van der Waals surface area contributed by atoms with Crippen LogP contribution >= 0.6 is 0 Å². The summed E-state index contributed by atoms with van der Waals surface area (Å²) in [5, 5.41) is 1.66. The third kappa shape index (κ3) is 2.10. The van der Waals surface area contributed by atoms with Crippen molar-refractivity contribution in [2.45, 2.75) is 40.2 Å². The Morgan fingerprint density at radius 2 is 2.09 bits per heavy atom. The van der Waals surface area contributed by atoms with Gasteiger partial charge in [-0.25, -0.2) is 4.79 Å². The van der Waals surface area contributed by atoms with Crippen LogP contribution in [0.2, 0.25) is 0 Å². The maximum atomic E-state index is 12.9.